The van der Waals surface area contributed by atoms with Gasteiger partial charge in [-0.05, 0) is 20.8 Å². The van der Waals surface area contributed by atoms with Crippen LogP contribution in [0.15, 0.2) is 6.20 Å². The highest BCUT2D eigenvalue weighted by Gasteiger charge is 2.33. The van der Waals surface area contributed by atoms with Crippen LogP contribution in [0.5, 0.6) is 0 Å². The van der Waals surface area contributed by atoms with Crippen LogP contribution in [0.4, 0.5) is 0 Å². The van der Waals surface area contributed by atoms with E-state index in [1.165, 1.54) is 0 Å². The van der Waals surface area contributed by atoms with Gasteiger partial charge in [-0.2, -0.15) is 0 Å². The Morgan fingerprint density at radius 1 is 1.56 bits per heavy atom. The quantitative estimate of drug-likeness (QED) is 0.746. The van der Waals surface area contributed by atoms with Crippen LogP contribution in [0.2, 0.25) is 0 Å². The molecule has 0 unspecified atom stereocenters. The van der Waals surface area contributed by atoms with E-state index in [9.17, 15) is 0 Å². The summed E-state index contributed by atoms with van der Waals surface area (Å²) in [6, 6.07) is 0. The monoisotopic (exact) mass is 224 g/mol. The van der Waals surface area contributed by atoms with Crippen LogP contribution in [-0.2, 0) is 18.3 Å². The second-order valence-electron chi connectivity index (χ2n) is 5.16. The lowest BCUT2D eigenvalue weighted by Crippen LogP contribution is -2.55. The predicted molar refractivity (Wildman–Crippen MR) is 60.9 cm³/mol. The van der Waals surface area contributed by atoms with E-state index in [4.69, 9.17) is 4.74 Å². The van der Waals surface area contributed by atoms with E-state index in [-0.39, 0.29) is 5.54 Å². The molecule has 1 aliphatic heterocycles. The van der Waals surface area contributed by atoms with Gasteiger partial charge in [-0.25, -0.2) is 0 Å². The summed E-state index contributed by atoms with van der Waals surface area (Å²) in [7, 11) is 1.93. The molecule has 0 aromatic carbocycles. The summed E-state index contributed by atoms with van der Waals surface area (Å²) in [6.07, 6.45) is 2.13. The van der Waals surface area contributed by atoms with Crippen molar-refractivity contribution in [1.29, 1.82) is 0 Å². The highest BCUT2D eigenvalue weighted by Crippen LogP contribution is 2.23. The van der Waals surface area contributed by atoms with Crippen molar-refractivity contribution in [2.24, 2.45) is 7.05 Å². The number of hydrogen-bond acceptors (Lipinski definition) is 4. The number of ether oxygens (including phenoxy) is 1. The lowest BCUT2D eigenvalue weighted by molar-refractivity contribution is -0.0956. The van der Waals surface area contributed by atoms with Gasteiger partial charge in [0.1, 0.15) is 0 Å². The molecule has 90 valence electrons. The van der Waals surface area contributed by atoms with Crippen LogP contribution >= 0.6 is 0 Å². The zero-order chi connectivity index (χ0) is 11.8. The summed E-state index contributed by atoms with van der Waals surface area (Å²) in [6.45, 7) is 9.15. The molecule has 0 radical (unpaired) electrons. The number of aryl methyl sites for hydroxylation is 1. The Labute approximate surface area is 96.4 Å². The molecule has 1 atom stereocenters. The first kappa shape index (κ1) is 11.5. The Morgan fingerprint density at radius 3 is 2.94 bits per heavy atom. The van der Waals surface area contributed by atoms with Crippen LogP contribution < -0.4 is 0 Å². The van der Waals surface area contributed by atoms with Gasteiger partial charge in [0.25, 0.3) is 0 Å². The molecule has 2 rings (SSSR count). The van der Waals surface area contributed by atoms with Crippen molar-refractivity contribution in [1.82, 2.24) is 19.9 Å². The molecule has 5 heteroatoms. The van der Waals surface area contributed by atoms with Crippen molar-refractivity contribution in [3.8, 4) is 0 Å². The third-order valence-electron chi connectivity index (χ3n) is 3.22. The maximum Gasteiger partial charge on any atom is 0.0738 e. The molecule has 1 aromatic rings. The van der Waals surface area contributed by atoms with Crippen molar-refractivity contribution in [2.75, 3.05) is 13.2 Å². The van der Waals surface area contributed by atoms with E-state index in [0.29, 0.717) is 6.10 Å². The molecule has 16 heavy (non-hydrogen) atoms. The minimum Gasteiger partial charge on any atom is -0.375 e. The molecule has 1 fully saturated rings. The summed E-state index contributed by atoms with van der Waals surface area (Å²) >= 11 is 0. The van der Waals surface area contributed by atoms with Gasteiger partial charge in [0, 0.05) is 25.7 Å². The smallest absolute Gasteiger partial charge is 0.0738 e. The van der Waals surface area contributed by atoms with Gasteiger partial charge < -0.3 is 4.74 Å². The summed E-state index contributed by atoms with van der Waals surface area (Å²) in [5, 5.41) is 7.87. The second-order valence-corrected chi connectivity index (χ2v) is 5.16. The first-order valence-electron chi connectivity index (χ1n) is 5.69. The van der Waals surface area contributed by atoms with E-state index in [1.807, 2.05) is 17.9 Å². The fraction of sp³-hybridized carbons (Fsp3) is 0.818. The van der Waals surface area contributed by atoms with Gasteiger partial charge in [-0.3, -0.25) is 9.58 Å². The van der Waals surface area contributed by atoms with Crippen LogP contribution in [0.3, 0.4) is 0 Å². The third-order valence-corrected chi connectivity index (χ3v) is 3.22. The number of morpholine rings is 1. The fourth-order valence-corrected chi connectivity index (χ4v) is 1.98. The zero-order valence-corrected chi connectivity index (χ0v) is 10.5. The van der Waals surface area contributed by atoms with Gasteiger partial charge in [0.2, 0.25) is 0 Å². The maximum atomic E-state index is 5.69. The average Bonchev–Trinajstić information content (AvgIpc) is 2.59. The van der Waals surface area contributed by atoms with E-state index < -0.39 is 0 Å². The Hall–Kier alpha value is -0.940. The molecule has 0 spiro atoms. The minimum atomic E-state index is 0.0801. The van der Waals surface area contributed by atoms with E-state index >= 15 is 0 Å². The molecule has 1 aromatic heterocycles. The van der Waals surface area contributed by atoms with Gasteiger partial charge in [0.05, 0.1) is 24.6 Å². The number of nitrogens with zero attached hydrogens (tertiary/aromatic N) is 4. The molecule has 1 saturated heterocycles. The molecular formula is C11H20N4O. The Bertz CT molecular complexity index is 361. The molecule has 0 N–H and O–H groups in total. The van der Waals surface area contributed by atoms with E-state index in [2.05, 4.69) is 36.0 Å². The Morgan fingerprint density at radius 2 is 2.31 bits per heavy atom. The molecule has 2 heterocycles. The molecule has 0 bridgehead atoms. The van der Waals surface area contributed by atoms with Crippen LogP contribution in [0, 0.1) is 0 Å². The van der Waals surface area contributed by atoms with Crippen LogP contribution in [-0.4, -0.2) is 44.7 Å². The summed E-state index contributed by atoms with van der Waals surface area (Å²) in [5.74, 6) is 0. The Kier molecular flexibility index (Phi) is 2.99. The standard InChI is InChI=1S/C11H20N4O/c1-9-6-15(11(2,3)8-16-9)7-10-5-12-13-14(10)4/h5,9H,6-8H2,1-4H3/t9-/m0/s1. The Balaban J connectivity index is 2.10. The first-order chi connectivity index (χ1) is 7.49. The predicted octanol–water partition coefficient (Wildman–Crippen LogP) is 0.814. The summed E-state index contributed by atoms with van der Waals surface area (Å²) < 4.78 is 7.52. The van der Waals surface area contributed by atoms with Crippen molar-refractivity contribution in [2.45, 2.75) is 39.0 Å². The molecular weight excluding hydrogens is 204 g/mol. The number of hydrogen-bond donors (Lipinski definition) is 0. The van der Waals surface area contributed by atoms with E-state index in [0.717, 1.165) is 25.4 Å². The van der Waals surface area contributed by atoms with Crippen LogP contribution in [0.25, 0.3) is 0 Å². The topological polar surface area (TPSA) is 43.2 Å². The molecule has 0 amide bonds. The molecule has 0 saturated carbocycles. The molecule has 0 aliphatic carbocycles. The van der Waals surface area contributed by atoms with Crippen molar-refractivity contribution < 1.29 is 4.74 Å². The lowest BCUT2D eigenvalue weighted by Gasteiger charge is -2.44. The second kappa shape index (κ2) is 4.14. The number of aromatic nitrogens is 3. The van der Waals surface area contributed by atoms with Gasteiger partial charge in [-0.15, -0.1) is 5.10 Å². The normalized spacial score (nSPS) is 25.9. The molecule has 5 nitrogen and oxygen atoms in total. The van der Waals surface area contributed by atoms with Crippen LogP contribution in [0.1, 0.15) is 26.5 Å². The fourth-order valence-electron chi connectivity index (χ4n) is 1.98. The maximum absolute atomic E-state index is 5.69. The van der Waals surface area contributed by atoms with Crippen molar-refractivity contribution in [3.05, 3.63) is 11.9 Å². The van der Waals surface area contributed by atoms with Gasteiger partial charge >= 0.3 is 0 Å². The van der Waals surface area contributed by atoms with Gasteiger partial charge in [-0.1, -0.05) is 5.21 Å². The van der Waals surface area contributed by atoms with Crippen molar-refractivity contribution in [3.63, 3.8) is 0 Å². The SMILES string of the molecule is C[C@H]1CN(Cc2cnnn2C)C(C)(C)CO1. The largest absolute Gasteiger partial charge is 0.375 e. The lowest BCUT2D eigenvalue weighted by atomic mass is 10.0. The third kappa shape index (κ3) is 2.25. The highest BCUT2D eigenvalue weighted by molar-refractivity contribution is 4.97. The minimum absolute atomic E-state index is 0.0801. The average molecular weight is 224 g/mol. The van der Waals surface area contributed by atoms with Crippen molar-refractivity contribution >= 4 is 0 Å². The summed E-state index contributed by atoms with van der Waals surface area (Å²) in [5.41, 5.74) is 1.22. The highest BCUT2D eigenvalue weighted by atomic mass is 16.5. The van der Waals surface area contributed by atoms with Gasteiger partial charge in [0.15, 0.2) is 0 Å². The molecule has 1 aliphatic rings. The zero-order valence-electron chi connectivity index (χ0n) is 10.5. The van der Waals surface area contributed by atoms with E-state index in [1.54, 1.807) is 0 Å². The first-order valence-corrected chi connectivity index (χ1v) is 5.69. The number of rotatable bonds is 2. The summed E-state index contributed by atoms with van der Waals surface area (Å²) in [4.78, 5) is 2.43.